The average molecular weight is 272 g/mol. The summed E-state index contributed by atoms with van der Waals surface area (Å²) < 4.78 is 0. The van der Waals surface area contributed by atoms with E-state index in [2.05, 4.69) is 34.2 Å². The molecule has 0 spiro atoms. The predicted molar refractivity (Wildman–Crippen MR) is 85.9 cm³/mol. The maximum absolute atomic E-state index is 5.67. The molecule has 0 aliphatic rings. The second kappa shape index (κ2) is 10.1. The first-order chi connectivity index (χ1) is 9.80. The van der Waals surface area contributed by atoms with Gasteiger partial charge in [-0.25, -0.2) is 0 Å². The molecule has 108 valence electrons. The summed E-state index contributed by atoms with van der Waals surface area (Å²) in [6.45, 7) is 10.7. The molecule has 20 heavy (non-hydrogen) atoms. The van der Waals surface area contributed by atoms with Gasteiger partial charge in [-0.1, -0.05) is 18.7 Å². The van der Waals surface area contributed by atoms with Gasteiger partial charge in [0.05, 0.1) is 0 Å². The Morgan fingerprint density at radius 3 is 2.80 bits per heavy atom. The molecule has 0 aromatic carbocycles. The lowest BCUT2D eigenvalue weighted by Crippen LogP contribution is -2.32. The first-order valence-corrected chi connectivity index (χ1v) is 6.90. The highest BCUT2D eigenvalue weighted by Gasteiger charge is 2.05. The molecule has 0 radical (unpaired) electrons. The van der Waals surface area contributed by atoms with E-state index in [0.717, 1.165) is 43.9 Å². The SMILES string of the molecule is C=C/C=C(/CCN(CCN)CCc1ccccn1)N=C. The van der Waals surface area contributed by atoms with Crippen molar-refractivity contribution in [3.8, 4) is 0 Å². The molecule has 1 aromatic rings. The molecule has 4 heteroatoms. The van der Waals surface area contributed by atoms with E-state index in [1.807, 2.05) is 24.4 Å². The maximum Gasteiger partial charge on any atom is 0.0416 e. The van der Waals surface area contributed by atoms with E-state index in [1.54, 1.807) is 6.08 Å². The second-order valence-corrected chi connectivity index (χ2v) is 4.50. The molecule has 0 unspecified atom stereocenters. The highest BCUT2D eigenvalue weighted by molar-refractivity contribution is 5.30. The van der Waals surface area contributed by atoms with Crippen molar-refractivity contribution in [1.29, 1.82) is 0 Å². The van der Waals surface area contributed by atoms with Gasteiger partial charge in [0.25, 0.3) is 0 Å². The zero-order valence-electron chi connectivity index (χ0n) is 12.0. The van der Waals surface area contributed by atoms with Gasteiger partial charge in [-0.2, -0.15) is 0 Å². The summed E-state index contributed by atoms with van der Waals surface area (Å²) in [4.78, 5) is 10.7. The van der Waals surface area contributed by atoms with Crippen LogP contribution in [0.15, 0.2) is 53.8 Å². The van der Waals surface area contributed by atoms with E-state index in [4.69, 9.17) is 5.73 Å². The van der Waals surface area contributed by atoms with Crippen molar-refractivity contribution in [2.24, 2.45) is 10.7 Å². The van der Waals surface area contributed by atoms with Crippen LogP contribution in [0.4, 0.5) is 0 Å². The summed E-state index contributed by atoms with van der Waals surface area (Å²) >= 11 is 0. The lowest BCUT2D eigenvalue weighted by atomic mass is 10.2. The molecular formula is C16H24N4. The van der Waals surface area contributed by atoms with E-state index in [0.29, 0.717) is 6.54 Å². The van der Waals surface area contributed by atoms with Gasteiger partial charge in [0, 0.05) is 56.6 Å². The number of allylic oxidation sites excluding steroid dienone is 2. The third-order valence-corrected chi connectivity index (χ3v) is 3.05. The summed E-state index contributed by atoms with van der Waals surface area (Å²) in [5.74, 6) is 0. The Morgan fingerprint density at radius 1 is 1.35 bits per heavy atom. The Hall–Kier alpha value is -1.78. The Morgan fingerprint density at radius 2 is 2.20 bits per heavy atom. The molecule has 1 rings (SSSR count). The number of aromatic nitrogens is 1. The van der Waals surface area contributed by atoms with Crippen molar-refractivity contribution in [1.82, 2.24) is 9.88 Å². The molecule has 0 atom stereocenters. The zero-order chi connectivity index (χ0) is 14.6. The van der Waals surface area contributed by atoms with Crippen LogP contribution in [0.3, 0.4) is 0 Å². The van der Waals surface area contributed by atoms with E-state index in [1.165, 1.54) is 0 Å². The van der Waals surface area contributed by atoms with Crippen molar-refractivity contribution in [2.75, 3.05) is 26.2 Å². The van der Waals surface area contributed by atoms with Crippen LogP contribution in [-0.4, -0.2) is 42.8 Å². The van der Waals surface area contributed by atoms with Crippen LogP contribution in [0.5, 0.6) is 0 Å². The molecule has 0 saturated carbocycles. The molecule has 1 heterocycles. The van der Waals surface area contributed by atoms with Crippen LogP contribution in [0.1, 0.15) is 12.1 Å². The van der Waals surface area contributed by atoms with E-state index < -0.39 is 0 Å². The molecular weight excluding hydrogens is 248 g/mol. The molecule has 0 amide bonds. The van der Waals surface area contributed by atoms with Gasteiger partial charge in [0.15, 0.2) is 0 Å². The average Bonchev–Trinajstić information content (AvgIpc) is 2.49. The third kappa shape index (κ3) is 6.41. The monoisotopic (exact) mass is 272 g/mol. The van der Waals surface area contributed by atoms with E-state index in [9.17, 15) is 0 Å². The van der Waals surface area contributed by atoms with Crippen LogP contribution < -0.4 is 5.73 Å². The van der Waals surface area contributed by atoms with Crippen molar-refractivity contribution in [3.05, 3.63) is 54.5 Å². The van der Waals surface area contributed by atoms with Crippen LogP contribution in [0, 0.1) is 0 Å². The number of nitrogens with two attached hydrogens (primary N) is 1. The third-order valence-electron chi connectivity index (χ3n) is 3.05. The van der Waals surface area contributed by atoms with Crippen molar-refractivity contribution >= 4 is 6.72 Å². The Bertz CT molecular complexity index is 425. The van der Waals surface area contributed by atoms with E-state index in [-0.39, 0.29) is 0 Å². The lowest BCUT2D eigenvalue weighted by molar-refractivity contribution is 0.287. The molecule has 0 saturated heterocycles. The smallest absolute Gasteiger partial charge is 0.0416 e. The van der Waals surface area contributed by atoms with Gasteiger partial charge in [0.1, 0.15) is 0 Å². The number of rotatable bonds is 10. The lowest BCUT2D eigenvalue weighted by Gasteiger charge is -2.21. The number of aliphatic imine (C=N–C) groups is 1. The number of nitrogens with zero attached hydrogens (tertiary/aromatic N) is 3. The number of pyridine rings is 1. The fraction of sp³-hybridized carbons (Fsp3) is 0.375. The van der Waals surface area contributed by atoms with Gasteiger partial charge in [-0.3, -0.25) is 9.98 Å². The number of hydrogen-bond donors (Lipinski definition) is 1. The van der Waals surface area contributed by atoms with E-state index >= 15 is 0 Å². The minimum absolute atomic E-state index is 0.657. The van der Waals surface area contributed by atoms with Crippen LogP contribution in [0.25, 0.3) is 0 Å². The quantitative estimate of drug-likeness (QED) is 0.524. The molecule has 0 fully saturated rings. The topological polar surface area (TPSA) is 54.5 Å². The molecule has 2 N–H and O–H groups in total. The van der Waals surface area contributed by atoms with Crippen LogP contribution >= 0.6 is 0 Å². The summed E-state index contributed by atoms with van der Waals surface area (Å²) in [6.07, 6.45) is 7.26. The van der Waals surface area contributed by atoms with Gasteiger partial charge < -0.3 is 10.6 Å². The first-order valence-electron chi connectivity index (χ1n) is 6.90. The maximum atomic E-state index is 5.67. The minimum Gasteiger partial charge on any atom is -0.329 e. The molecule has 4 nitrogen and oxygen atoms in total. The standard InChI is InChI=1S/C16H24N4/c1-3-6-15(18-2)8-12-20(14-10-17)13-9-16-7-4-5-11-19-16/h3-7,11H,1-2,8-10,12-14,17H2/b15-6-. The fourth-order valence-electron chi connectivity index (χ4n) is 1.96. The Kier molecular flexibility index (Phi) is 8.19. The minimum atomic E-state index is 0.657. The second-order valence-electron chi connectivity index (χ2n) is 4.50. The first kappa shape index (κ1) is 16.3. The van der Waals surface area contributed by atoms with Gasteiger partial charge in [-0.05, 0) is 24.9 Å². The van der Waals surface area contributed by atoms with Crippen molar-refractivity contribution < 1.29 is 0 Å². The largest absolute Gasteiger partial charge is 0.329 e. The highest BCUT2D eigenvalue weighted by Crippen LogP contribution is 2.05. The van der Waals surface area contributed by atoms with Gasteiger partial charge >= 0.3 is 0 Å². The Balaban J connectivity index is 2.45. The van der Waals surface area contributed by atoms with Gasteiger partial charge in [0.2, 0.25) is 0 Å². The van der Waals surface area contributed by atoms with Gasteiger partial charge in [-0.15, -0.1) is 0 Å². The molecule has 0 bridgehead atoms. The number of hydrogen-bond acceptors (Lipinski definition) is 4. The molecule has 0 aliphatic carbocycles. The molecule has 1 aromatic heterocycles. The van der Waals surface area contributed by atoms with Crippen LogP contribution in [0.2, 0.25) is 0 Å². The molecule has 0 aliphatic heterocycles. The summed E-state index contributed by atoms with van der Waals surface area (Å²) in [7, 11) is 0. The summed E-state index contributed by atoms with van der Waals surface area (Å²) in [5, 5.41) is 0. The van der Waals surface area contributed by atoms with Crippen LogP contribution in [-0.2, 0) is 6.42 Å². The highest BCUT2D eigenvalue weighted by atomic mass is 15.1. The predicted octanol–water partition coefficient (Wildman–Crippen LogP) is 2.05. The normalized spacial score (nSPS) is 11.6. The summed E-state index contributed by atoms with van der Waals surface area (Å²) in [5.41, 5.74) is 7.74. The Labute approximate surface area is 121 Å². The fourth-order valence-corrected chi connectivity index (χ4v) is 1.96. The zero-order valence-corrected chi connectivity index (χ0v) is 12.0. The van der Waals surface area contributed by atoms with Crippen molar-refractivity contribution in [2.45, 2.75) is 12.8 Å². The summed E-state index contributed by atoms with van der Waals surface area (Å²) in [6, 6.07) is 6.00. The van der Waals surface area contributed by atoms with Crippen molar-refractivity contribution in [3.63, 3.8) is 0 Å².